The molecule has 0 radical (unpaired) electrons. The van der Waals surface area contributed by atoms with Gasteiger partial charge in [0.1, 0.15) is 10.8 Å². The van der Waals surface area contributed by atoms with Crippen LogP contribution in [0, 0.1) is 12.8 Å². The Morgan fingerprint density at radius 2 is 1.71 bits per heavy atom. The van der Waals surface area contributed by atoms with Crippen LogP contribution in [0.3, 0.4) is 0 Å². The number of ether oxygens (including phenoxy) is 1. The van der Waals surface area contributed by atoms with E-state index in [0.717, 1.165) is 38.1 Å². The first kappa shape index (κ1) is 22.8. The van der Waals surface area contributed by atoms with Crippen LogP contribution in [0.1, 0.15) is 11.3 Å². The minimum atomic E-state index is -0.404. The summed E-state index contributed by atoms with van der Waals surface area (Å²) in [5.41, 5.74) is 4.52. The molecule has 2 amide bonds. The number of hydrogen-bond acceptors (Lipinski definition) is 5. The van der Waals surface area contributed by atoms with Gasteiger partial charge in [-0.15, -0.1) is 11.3 Å². The lowest BCUT2D eigenvalue weighted by Gasteiger charge is -2.17. The van der Waals surface area contributed by atoms with Gasteiger partial charge in [0.25, 0.3) is 0 Å². The topological polar surface area (TPSA) is 71.5 Å². The van der Waals surface area contributed by atoms with E-state index < -0.39 is 5.92 Å². The fraction of sp³-hybridized carbons (Fsp3) is 0.179. The molecule has 1 unspecified atom stereocenters. The predicted molar refractivity (Wildman–Crippen MR) is 140 cm³/mol. The van der Waals surface area contributed by atoms with Crippen molar-refractivity contribution in [1.82, 2.24) is 4.98 Å². The van der Waals surface area contributed by atoms with Gasteiger partial charge in [-0.2, -0.15) is 0 Å². The largest absolute Gasteiger partial charge is 0.497 e. The summed E-state index contributed by atoms with van der Waals surface area (Å²) >= 11 is 1.67. The second kappa shape index (κ2) is 9.72. The molecule has 0 bridgehead atoms. The van der Waals surface area contributed by atoms with Crippen LogP contribution in [0.4, 0.5) is 11.4 Å². The van der Waals surface area contributed by atoms with Crippen molar-refractivity contribution in [2.24, 2.45) is 5.92 Å². The molecular formula is C28H25N3O3S. The number of amides is 2. The Labute approximate surface area is 208 Å². The minimum Gasteiger partial charge on any atom is -0.497 e. The molecule has 0 saturated carbocycles. The van der Waals surface area contributed by atoms with Crippen molar-refractivity contribution in [3.05, 3.63) is 83.7 Å². The fourth-order valence-corrected chi connectivity index (χ4v) is 5.16. The highest BCUT2D eigenvalue weighted by Crippen LogP contribution is 2.34. The summed E-state index contributed by atoms with van der Waals surface area (Å²) < 4.78 is 5.18. The lowest BCUT2D eigenvalue weighted by Crippen LogP contribution is -2.28. The van der Waals surface area contributed by atoms with Crippen molar-refractivity contribution in [2.45, 2.75) is 13.3 Å². The molecule has 2 heterocycles. The number of hydrogen-bond donors (Lipinski definition) is 1. The maximum atomic E-state index is 12.9. The number of aryl methyl sites for hydroxylation is 1. The Morgan fingerprint density at radius 3 is 2.40 bits per heavy atom. The minimum absolute atomic E-state index is 0.0566. The van der Waals surface area contributed by atoms with E-state index in [1.807, 2.05) is 66.7 Å². The van der Waals surface area contributed by atoms with E-state index in [1.54, 1.807) is 23.3 Å². The SMILES string of the molecule is COc1ccc(N2CC(C(=O)Nc3ccc(-c4nc(-c5ccccc5)sc4C)cc3)CC2=O)cc1. The van der Waals surface area contributed by atoms with Crippen LogP contribution in [-0.2, 0) is 9.59 Å². The van der Waals surface area contributed by atoms with Gasteiger partial charge in [0.15, 0.2) is 0 Å². The van der Waals surface area contributed by atoms with Gasteiger partial charge in [-0.25, -0.2) is 4.98 Å². The van der Waals surface area contributed by atoms with E-state index in [-0.39, 0.29) is 18.2 Å². The normalized spacial score (nSPS) is 15.3. The van der Waals surface area contributed by atoms with Crippen molar-refractivity contribution >= 4 is 34.5 Å². The van der Waals surface area contributed by atoms with E-state index >= 15 is 0 Å². The third-order valence-electron chi connectivity index (χ3n) is 6.12. The van der Waals surface area contributed by atoms with Gasteiger partial charge < -0.3 is 15.0 Å². The van der Waals surface area contributed by atoms with Gasteiger partial charge >= 0.3 is 0 Å². The highest BCUT2D eigenvalue weighted by molar-refractivity contribution is 7.15. The van der Waals surface area contributed by atoms with Crippen LogP contribution in [0.5, 0.6) is 5.75 Å². The zero-order valence-corrected chi connectivity index (χ0v) is 20.3. The van der Waals surface area contributed by atoms with Gasteiger partial charge in [0.05, 0.1) is 18.7 Å². The predicted octanol–water partition coefficient (Wildman–Crippen LogP) is 5.79. The van der Waals surface area contributed by atoms with Gasteiger partial charge in [-0.3, -0.25) is 9.59 Å². The van der Waals surface area contributed by atoms with Crippen LogP contribution in [0.25, 0.3) is 21.8 Å². The number of carbonyl (C=O) groups excluding carboxylic acids is 2. The molecule has 7 heteroatoms. The number of aromatic nitrogens is 1. The van der Waals surface area contributed by atoms with Crippen LogP contribution in [0.15, 0.2) is 78.9 Å². The summed E-state index contributed by atoms with van der Waals surface area (Å²) in [5, 5.41) is 3.95. The van der Waals surface area contributed by atoms with E-state index in [1.165, 1.54) is 0 Å². The smallest absolute Gasteiger partial charge is 0.229 e. The molecule has 1 aliphatic heterocycles. The first-order valence-corrected chi connectivity index (χ1v) is 12.2. The second-order valence-corrected chi connectivity index (χ2v) is 9.66. The molecule has 1 aromatic heterocycles. The Hall–Kier alpha value is -3.97. The third-order valence-corrected chi connectivity index (χ3v) is 7.14. The van der Waals surface area contributed by atoms with Gasteiger partial charge in [-0.05, 0) is 43.3 Å². The van der Waals surface area contributed by atoms with E-state index in [2.05, 4.69) is 24.4 Å². The summed E-state index contributed by atoms with van der Waals surface area (Å²) in [6, 6.07) is 25.1. The molecule has 1 atom stereocenters. The molecule has 6 nitrogen and oxygen atoms in total. The average Bonchev–Trinajstić information content (AvgIpc) is 3.48. The number of benzene rings is 3. The molecule has 3 aromatic carbocycles. The molecule has 1 saturated heterocycles. The molecule has 0 spiro atoms. The Kier molecular flexibility index (Phi) is 6.33. The number of rotatable bonds is 6. The number of nitrogens with one attached hydrogen (secondary N) is 1. The van der Waals surface area contributed by atoms with Crippen molar-refractivity contribution in [1.29, 1.82) is 0 Å². The first-order chi connectivity index (χ1) is 17.0. The zero-order chi connectivity index (χ0) is 24.4. The standard InChI is InChI=1S/C28H25N3O3S/c1-18-26(30-28(35-18)20-6-4-3-5-7-20)19-8-10-22(11-9-19)29-27(33)21-16-25(32)31(17-21)23-12-14-24(34-2)15-13-23/h3-15,21H,16-17H2,1-2H3,(H,29,33). The number of thiazole rings is 1. The molecule has 1 fully saturated rings. The molecule has 4 aromatic rings. The molecule has 1 aliphatic rings. The molecule has 0 aliphatic carbocycles. The molecule has 35 heavy (non-hydrogen) atoms. The summed E-state index contributed by atoms with van der Waals surface area (Å²) in [4.78, 5) is 33.1. The van der Waals surface area contributed by atoms with Gasteiger partial charge in [0, 0.05) is 40.3 Å². The number of anilines is 2. The molecule has 176 valence electrons. The van der Waals surface area contributed by atoms with E-state index in [9.17, 15) is 9.59 Å². The highest BCUT2D eigenvalue weighted by atomic mass is 32.1. The monoisotopic (exact) mass is 483 g/mol. The van der Waals surface area contributed by atoms with Crippen LogP contribution >= 0.6 is 11.3 Å². The van der Waals surface area contributed by atoms with Crippen molar-refractivity contribution in [2.75, 3.05) is 23.9 Å². The zero-order valence-electron chi connectivity index (χ0n) is 19.5. The highest BCUT2D eigenvalue weighted by Gasteiger charge is 2.35. The first-order valence-electron chi connectivity index (χ1n) is 11.4. The Morgan fingerprint density at radius 1 is 1.00 bits per heavy atom. The number of nitrogens with zero attached hydrogens (tertiary/aromatic N) is 2. The molecular weight excluding hydrogens is 458 g/mol. The second-order valence-electron chi connectivity index (χ2n) is 8.46. The van der Waals surface area contributed by atoms with Crippen molar-refractivity contribution in [3.63, 3.8) is 0 Å². The lowest BCUT2D eigenvalue weighted by molar-refractivity contribution is -0.122. The summed E-state index contributed by atoms with van der Waals surface area (Å²) in [5.74, 6) is 0.109. The van der Waals surface area contributed by atoms with Gasteiger partial charge in [0.2, 0.25) is 11.8 Å². The van der Waals surface area contributed by atoms with Crippen molar-refractivity contribution in [3.8, 4) is 27.6 Å². The fourth-order valence-electron chi connectivity index (χ4n) is 4.22. The van der Waals surface area contributed by atoms with Crippen LogP contribution < -0.4 is 15.0 Å². The summed E-state index contributed by atoms with van der Waals surface area (Å²) in [6.07, 6.45) is 0.191. The molecule has 1 N–H and O–H groups in total. The van der Waals surface area contributed by atoms with E-state index in [0.29, 0.717) is 12.2 Å². The maximum Gasteiger partial charge on any atom is 0.229 e. The Bertz CT molecular complexity index is 1350. The van der Waals surface area contributed by atoms with Crippen LogP contribution in [-0.4, -0.2) is 30.5 Å². The summed E-state index contributed by atoms with van der Waals surface area (Å²) in [7, 11) is 1.60. The summed E-state index contributed by atoms with van der Waals surface area (Å²) in [6.45, 7) is 2.43. The van der Waals surface area contributed by atoms with Crippen LogP contribution in [0.2, 0.25) is 0 Å². The van der Waals surface area contributed by atoms with E-state index in [4.69, 9.17) is 9.72 Å². The number of carbonyl (C=O) groups is 2. The van der Waals surface area contributed by atoms with Gasteiger partial charge in [-0.1, -0.05) is 42.5 Å². The molecule has 5 rings (SSSR count). The quantitative estimate of drug-likeness (QED) is 0.377. The maximum absolute atomic E-state index is 12.9. The number of methoxy groups -OCH3 is 1. The van der Waals surface area contributed by atoms with Crippen molar-refractivity contribution < 1.29 is 14.3 Å². The lowest BCUT2D eigenvalue weighted by atomic mass is 10.1. The third kappa shape index (κ3) is 4.81. The average molecular weight is 484 g/mol. The Balaban J connectivity index is 1.25.